The van der Waals surface area contributed by atoms with Gasteiger partial charge in [0.1, 0.15) is 11.5 Å². The second-order valence-electron chi connectivity index (χ2n) is 5.15. The van der Waals surface area contributed by atoms with Gasteiger partial charge in [0.25, 0.3) is 0 Å². The Labute approximate surface area is 135 Å². The third-order valence-corrected chi connectivity index (χ3v) is 3.72. The van der Waals surface area contributed by atoms with Crippen molar-refractivity contribution in [2.45, 2.75) is 19.6 Å². The molecule has 0 aromatic heterocycles. The zero-order valence-electron chi connectivity index (χ0n) is 12.6. The van der Waals surface area contributed by atoms with E-state index in [9.17, 15) is 10.2 Å². The van der Waals surface area contributed by atoms with Gasteiger partial charge in [-0.05, 0) is 42.3 Å². The molecule has 2 aromatic carbocycles. The number of nitrogens with one attached hydrogen (secondary N) is 1. The van der Waals surface area contributed by atoms with E-state index in [0.717, 1.165) is 16.9 Å². The van der Waals surface area contributed by atoms with Crippen molar-refractivity contribution in [3.8, 4) is 11.5 Å². The van der Waals surface area contributed by atoms with Gasteiger partial charge in [-0.15, -0.1) is 0 Å². The number of ether oxygens (including phenoxy) is 1. The predicted octanol–water partition coefficient (Wildman–Crippen LogP) is 3.19. The molecule has 0 fully saturated rings. The molecule has 3 N–H and O–H groups in total. The van der Waals surface area contributed by atoms with Crippen LogP contribution in [0, 0.1) is 6.92 Å². The van der Waals surface area contributed by atoms with Crippen LogP contribution in [0.1, 0.15) is 22.8 Å². The summed E-state index contributed by atoms with van der Waals surface area (Å²) in [7, 11) is 1.60. The van der Waals surface area contributed by atoms with Gasteiger partial charge in [-0.25, -0.2) is 0 Å². The Hall–Kier alpha value is -1.75. The maximum Gasteiger partial charge on any atom is 0.123 e. The van der Waals surface area contributed by atoms with Crippen LogP contribution in [0.4, 0.5) is 0 Å². The molecule has 0 aliphatic rings. The molecule has 0 saturated heterocycles. The number of hydrogen-bond donors (Lipinski definition) is 3. The molecular formula is C17H20ClNO3. The Balaban J connectivity index is 1.93. The minimum Gasteiger partial charge on any atom is -0.507 e. The highest BCUT2D eigenvalue weighted by atomic mass is 35.5. The first-order chi connectivity index (χ1) is 10.5. The number of halogens is 1. The Bertz CT molecular complexity index is 629. The van der Waals surface area contributed by atoms with Gasteiger partial charge in [0.05, 0.1) is 13.2 Å². The van der Waals surface area contributed by atoms with Crippen molar-refractivity contribution >= 4 is 11.6 Å². The molecule has 0 aliphatic carbocycles. The standard InChI is InChI=1S/C17H20ClNO3/c1-11-7-14(18)8-13(17(11)21)9-19-10-16(20)12-3-5-15(22-2)6-4-12/h3-8,16,19-21H,9-10H2,1-2H3. The van der Waals surface area contributed by atoms with Crippen LogP contribution in [-0.2, 0) is 6.54 Å². The lowest BCUT2D eigenvalue weighted by atomic mass is 10.1. The van der Waals surface area contributed by atoms with Crippen molar-refractivity contribution in [3.63, 3.8) is 0 Å². The highest BCUT2D eigenvalue weighted by Gasteiger charge is 2.09. The molecule has 1 unspecified atom stereocenters. The lowest BCUT2D eigenvalue weighted by Crippen LogP contribution is -2.21. The molecule has 2 aromatic rings. The maximum absolute atomic E-state index is 10.1. The van der Waals surface area contributed by atoms with Crippen molar-refractivity contribution in [1.29, 1.82) is 0 Å². The van der Waals surface area contributed by atoms with Gasteiger partial charge in [-0.2, -0.15) is 0 Å². The average molecular weight is 322 g/mol. The van der Waals surface area contributed by atoms with Crippen LogP contribution < -0.4 is 10.1 Å². The summed E-state index contributed by atoms with van der Waals surface area (Å²) in [5.41, 5.74) is 2.26. The summed E-state index contributed by atoms with van der Waals surface area (Å²) in [5, 5.41) is 23.8. The van der Waals surface area contributed by atoms with Gasteiger partial charge in [0.15, 0.2) is 0 Å². The fourth-order valence-corrected chi connectivity index (χ4v) is 2.52. The first-order valence-electron chi connectivity index (χ1n) is 7.02. The zero-order valence-corrected chi connectivity index (χ0v) is 13.4. The summed E-state index contributed by atoms with van der Waals surface area (Å²) in [5.74, 6) is 0.985. The van der Waals surface area contributed by atoms with Crippen LogP contribution in [0.25, 0.3) is 0 Å². The topological polar surface area (TPSA) is 61.7 Å². The molecule has 0 bridgehead atoms. The van der Waals surface area contributed by atoms with Gasteiger partial charge < -0.3 is 20.3 Å². The minimum atomic E-state index is -0.631. The van der Waals surface area contributed by atoms with Crippen LogP contribution in [0.2, 0.25) is 5.02 Å². The minimum absolute atomic E-state index is 0.232. The fourth-order valence-electron chi connectivity index (χ4n) is 2.23. The van der Waals surface area contributed by atoms with Crippen LogP contribution in [-0.4, -0.2) is 23.9 Å². The lowest BCUT2D eigenvalue weighted by molar-refractivity contribution is 0.174. The number of methoxy groups -OCH3 is 1. The fraction of sp³-hybridized carbons (Fsp3) is 0.294. The van der Waals surface area contributed by atoms with Crippen LogP contribution in [0.3, 0.4) is 0 Å². The molecule has 0 aliphatic heterocycles. The summed E-state index contributed by atoms with van der Waals surface area (Å²) in [6.45, 7) is 2.61. The van der Waals surface area contributed by atoms with E-state index in [-0.39, 0.29) is 5.75 Å². The van der Waals surface area contributed by atoms with Crippen molar-refractivity contribution in [1.82, 2.24) is 5.32 Å². The van der Waals surface area contributed by atoms with Crippen LogP contribution in [0.15, 0.2) is 36.4 Å². The second kappa shape index (κ2) is 7.49. The van der Waals surface area contributed by atoms with E-state index in [1.807, 2.05) is 24.3 Å². The SMILES string of the molecule is COc1ccc(C(O)CNCc2cc(Cl)cc(C)c2O)cc1. The highest BCUT2D eigenvalue weighted by molar-refractivity contribution is 6.30. The number of aliphatic hydroxyl groups excluding tert-OH is 1. The first kappa shape index (κ1) is 16.6. The number of aliphatic hydroxyl groups is 1. The number of aromatic hydroxyl groups is 1. The summed E-state index contributed by atoms with van der Waals surface area (Å²) >= 11 is 5.99. The van der Waals surface area contributed by atoms with E-state index in [4.69, 9.17) is 16.3 Å². The molecule has 0 saturated carbocycles. The molecule has 0 spiro atoms. The van der Waals surface area contributed by atoms with Crippen LogP contribution >= 0.6 is 11.6 Å². The average Bonchev–Trinajstić information content (AvgIpc) is 2.51. The summed E-state index contributed by atoms with van der Waals surface area (Å²) in [6, 6.07) is 10.7. The number of phenolic OH excluding ortho intramolecular Hbond substituents is 1. The van der Waals surface area contributed by atoms with Gasteiger partial charge in [0.2, 0.25) is 0 Å². The third kappa shape index (κ3) is 4.13. The predicted molar refractivity (Wildman–Crippen MR) is 87.5 cm³/mol. The number of hydrogen-bond acceptors (Lipinski definition) is 4. The second-order valence-corrected chi connectivity index (χ2v) is 5.59. The van der Waals surface area contributed by atoms with E-state index in [0.29, 0.717) is 23.7 Å². The smallest absolute Gasteiger partial charge is 0.123 e. The van der Waals surface area contributed by atoms with Crippen molar-refractivity contribution in [2.24, 2.45) is 0 Å². The summed E-state index contributed by atoms with van der Waals surface area (Å²) < 4.78 is 5.09. The molecule has 0 heterocycles. The molecule has 1 atom stereocenters. The van der Waals surface area contributed by atoms with Gasteiger partial charge in [0, 0.05) is 23.7 Å². The monoisotopic (exact) mass is 321 g/mol. The van der Waals surface area contributed by atoms with Crippen molar-refractivity contribution in [2.75, 3.05) is 13.7 Å². The molecule has 0 radical (unpaired) electrons. The quantitative estimate of drug-likeness (QED) is 0.764. The number of benzene rings is 2. The summed E-state index contributed by atoms with van der Waals surface area (Å²) in [4.78, 5) is 0. The van der Waals surface area contributed by atoms with Gasteiger partial charge in [-0.3, -0.25) is 0 Å². The van der Waals surface area contributed by atoms with E-state index in [1.165, 1.54) is 0 Å². The number of rotatable bonds is 6. The van der Waals surface area contributed by atoms with Crippen molar-refractivity contribution < 1.29 is 14.9 Å². The Morgan fingerprint density at radius 1 is 1.23 bits per heavy atom. The Kier molecular flexibility index (Phi) is 5.66. The number of aryl methyl sites for hydroxylation is 1. The van der Waals surface area contributed by atoms with E-state index >= 15 is 0 Å². The Morgan fingerprint density at radius 3 is 2.55 bits per heavy atom. The van der Waals surface area contributed by atoms with E-state index in [1.54, 1.807) is 26.2 Å². The van der Waals surface area contributed by atoms with Gasteiger partial charge >= 0.3 is 0 Å². The maximum atomic E-state index is 10.1. The molecule has 118 valence electrons. The molecule has 5 heteroatoms. The Morgan fingerprint density at radius 2 is 1.91 bits per heavy atom. The van der Waals surface area contributed by atoms with Crippen LogP contribution in [0.5, 0.6) is 11.5 Å². The first-order valence-corrected chi connectivity index (χ1v) is 7.39. The van der Waals surface area contributed by atoms with Gasteiger partial charge in [-0.1, -0.05) is 23.7 Å². The third-order valence-electron chi connectivity index (χ3n) is 3.50. The van der Waals surface area contributed by atoms with E-state index < -0.39 is 6.10 Å². The summed E-state index contributed by atoms with van der Waals surface area (Å²) in [6.07, 6.45) is -0.631. The lowest BCUT2D eigenvalue weighted by Gasteiger charge is -2.14. The molecular weight excluding hydrogens is 302 g/mol. The molecule has 0 amide bonds. The molecule has 22 heavy (non-hydrogen) atoms. The van der Waals surface area contributed by atoms with Crippen molar-refractivity contribution in [3.05, 3.63) is 58.1 Å². The van der Waals surface area contributed by atoms with E-state index in [2.05, 4.69) is 5.32 Å². The number of phenols is 1. The normalized spacial score (nSPS) is 12.2. The molecule has 4 nitrogen and oxygen atoms in total. The largest absolute Gasteiger partial charge is 0.507 e. The zero-order chi connectivity index (χ0) is 16.1. The molecule has 2 rings (SSSR count). The highest BCUT2D eigenvalue weighted by Crippen LogP contribution is 2.26.